The molecule has 2 heterocycles. The molecule has 1 aromatic rings. The molecule has 6 heteroatoms. The fraction of sp³-hybridized carbons (Fsp3) is 0.583. The Morgan fingerprint density at radius 3 is 2.89 bits per heavy atom. The van der Waals surface area contributed by atoms with Gasteiger partial charge in [-0.1, -0.05) is 6.07 Å². The summed E-state index contributed by atoms with van der Waals surface area (Å²) in [5.74, 6) is 0.977. The zero-order chi connectivity index (χ0) is 13.3. The first-order valence-corrected chi connectivity index (χ1v) is 7.83. The van der Waals surface area contributed by atoms with Gasteiger partial charge in [0, 0.05) is 24.3 Å². The summed E-state index contributed by atoms with van der Waals surface area (Å²) >= 11 is 0. The predicted octanol–water partition coefficient (Wildman–Crippen LogP) is 0.758. The maximum Gasteiger partial charge on any atom is 0.154 e. The Labute approximate surface area is 107 Å². The fourth-order valence-electron chi connectivity index (χ4n) is 2.29. The molecule has 0 aliphatic carbocycles. The molecule has 1 fully saturated rings. The van der Waals surface area contributed by atoms with Gasteiger partial charge in [-0.3, -0.25) is 0 Å². The number of hydrogen-bond acceptors (Lipinski definition) is 5. The summed E-state index contributed by atoms with van der Waals surface area (Å²) in [5.41, 5.74) is 0.739. The van der Waals surface area contributed by atoms with Gasteiger partial charge in [-0.25, -0.2) is 13.4 Å². The molecule has 1 aliphatic rings. The van der Waals surface area contributed by atoms with Gasteiger partial charge in [-0.2, -0.15) is 0 Å². The number of anilines is 1. The minimum atomic E-state index is -2.94. The first-order chi connectivity index (χ1) is 8.41. The quantitative estimate of drug-likeness (QED) is 0.859. The van der Waals surface area contributed by atoms with E-state index in [1.54, 1.807) is 19.2 Å². The summed E-state index contributed by atoms with van der Waals surface area (Å²) < 4.78 is 23.1. The third kappa shape index (κ3) is 2.64. The van der Waals surface area contributed by atoms with Crippen LogP contribution in [0, 0.1) is 0 Å². The molecule has 2 atom stereocenters. The zero-order valence-electron chi connectivity index (χ0n) is 10.6. The maximum atomic E-state index is 11.6. The third-order valence-electron chi connectivity index (χ3n) is 3.21. The average Bonchev–Trinajstić information content (AvgIpc) is 2.28. The summed E-state index contributed by atoms with van der Waals surface area (Å²) in [4.78, 5) is 6.25. The van der Waals surface area contributed by atoms with Gasteiger partial charge in [0.15, 0.2) is 9.84 Å². The largest absolute Gasteiger partial charge is 0.389 e. The van der Waals surface area contributed by atoms with Crippen molar-refractivity contribution in [1.82, 2.24) is 4.98 Å². The van der Waals surface area contributed by atoms with Crippen LogP contribution < -0.4 is 4.90 Å². The molecule has 1 saturated heterocycles. The summed E-state index contributed by atoms with van der Waals surface area (Å²) in [5, 5.41) is 9.74. The van der Waals surface area contributed by atoms with Crippen molar-refractivity contribution in [3.05, 3.63) is 23.9 Å². The van der Waals surface area contributed by atoms with Gasteiger partial charge in [0.2, 0.25) is 0 Å². The lowest BCUT2D eigenvalue weighted by atomic mass is 10.1. The number of sulfone groups is 1. The highest BCUT2D eigenvalue weighted by molar-refractivity contribution is 7.91. The zero-order valence-corrected chi connectivity index (χ0v) is 11.4. The van der Waals surface area contributed by atoms with Gasteiger partial charge in [0.1, 0.15) is 5.82 Å². The van der Waals surface area contributed by atoms with Crippen molar-refractivity contribution in [3.8, 4) is 0 Å². The second-order valence-corrected chi connectivity index (χ2v) is 6.98. The van der Waals surface area contributed by atoms with Crippen LogP contribution in [0.5, 0.6) is 0 Å². The van der Waals surface area contributed by atoms with Crippen molar-refractivity contribution in [2.24, 2.45) is 0 Å². The lowest BCUT2D eigenvalue weighted by molar-refractivity contribution is 0.199. The van der Waals surface area contributed by atoms with Crippen molar-refractivity contribution in [2.45, 2.75) is 26.0 Å². The van der Waals surface area contributed by atoms with Crippen LogP contribution in [0.25, 0.3) is 0 Å². The SMILES string of the molecule is CC1CS(=O)(=O)CCN1c1ncccc1[C@@H](C)O. The average molecular weight is 270 g/mol. The number of nitrogens with zero attached hydrogens (tertiary/aromatic N) is 2. The standard InChI is InChI=1S/C12H18N2O3S/c1-9-8-18(16,17)7-6-14(9)12-11(10(2)15)4-3-5-13-12/h3-5,9-10,15H,6-8H2,1-2H3/t9?,10-/m1/s1. The van der Waals surface area contributed by atoms with Crippen LogP contribution in [0.4, 0.5) is 5.82 Å². The number of pyridine rings is 1. The monoisotopic (exact) mass is 270 g/mol. The molecule has 1 aliphatic heterocycles. The number of aliphatic hydroxyl groups excluding tert-OH is 1. The molecule has 2 rings (SSSR count). The maximum absolute atomic E-state index is 11.6. The van der Waals surface area contributed by atoms with Gasteiger partial charge < -0.3 is 10.0 Å². The van der Waals surface area contributed by atoms with Crippen LogP contribution in [0.1, 0.15) is 25.5 Å². The molecule has 0 aromatic carbocycles. The van der Waals surface area contributed by atoms with Gasteiger partial charge in [-0.05, 0) is 19.9 Å². The minimum absolute atomic E-state index is 0.115. The first-order valence-electron chi connectivity index (χ1n) is 6.01. The number of aromatic nitrogens is 1. The summed E-state index contributed by atoms with van der Waals surface area (Å²) in [7, 11) is -2.94. The van der Waals surface area contributed by atoms with E-state index in [2.05, 4.69) is 4.98 Å². The molecule has 0 spiro atoms. The van der Waals surface area contributed by atoms with E-state index < -0.39 is 15.9 Å². The van der Waals surface area contributed by atoms with Crippen LogP contribution in [-0.2, 0) is 9.84 Å². The van der Waals surface area contributed by atoms with E-state index in [-0.39, 0.29) is 17.5 Å². The van der Waals surface area contributed by atoms with E-state index in [0.29, 0.717) is 12.4 Å². The molecule has 0 bridgehead atoms. The van der Waals surface area contributed by atoms with Gasteiger partial charge >= 0.3 is 0 Å². The second kappa shape index (κ2) is 4.85. The van der Waals surface area contributed by atoms with E-state index in [9.17, 15) is 13.5 Å². The van der Waals surface area contributed by atoms with Gasteiger partial charge in [-0.15, -0.1) is 0 Å². The summed E-state index contributed by atoms with van der Waals surface area (Å²) in [6.07, 6.45) is 1.05. The summed E-state index contributed by atoms with van der Waals surface area (Å²) in [6, 6.07) is 3.48. The van der Waals surface area contributed by atoms with Crippen molar-refractivity contribution >= 4 is 15.7 Å². The molecule has 1 aromatic heterocycles. The molecular formula is C12H18N2O3S. The van der Waals surface area contributed by atoms with Crippen LogP contribution in [0.3, 0.4) is 0 Å². The number of aliphatic hydroxyl groups is 1. The van der Waals surface area contributed by atoms with Crippen molar-refractivity contribution < 1.29 is 13.5 Å². The van der Waals surface area contributed by atoms with Crippen LogP contribution in [-0.4, -0.2) is 42.6 Å². The van der Waals surface area contributed by atoms with Crippen LogP contribution in [0.15, 0.2) is 18.3 Å². The molecule has 100 valence electrons. The number of rotatable bonds is 2. The van der Waals surface area contributed by atoms with E-state index in [1.807, 2.05) is 17.9 Å². The van der Waals surface area contributed by atoms with E-state index in [4.69, 9.17) is 0 Å². The molecular weight excluding hydrogens is 252 g/mol. The minimum Gasteiger partial charge on any atom is -0.389 e. The van der Waals surface area contributed by atoms with E-state index in [1.165, 1.54) is 0 Å². The summed E-state index contributed by atoms with van der Waals surface area (Å²) in [6.45, 7) is 3.99. The van der Waals surface area contributed by atoms with Gasteiger partial charge in [0.05, 0.1) is 17.6 Å². The van der Waals surface area contributed by atoms with Crippen molar-refractivity contribution in [2.75, 3.05) is 23.0 Å². The highest BCUT2D eigenvalue weighted by Gasteiger charge is 2.30. The lowest BCUT2D eigenvalue weighted by Crippen LogP contribution is -2.47. The first kappa shape index (κ1) is 13.3. The smallest absolute Gasteiger partial charge is 0.154 e. The highest BCUT2D eigenvalue weighted by Crippen LogP contribution is 2.27. The Morgan fingerprint density at radius 1 is 1.56 bits per heavy atom. The Balaban J connectivity index is 2.33. The Morgan fingerprint density at radius 2 is 2.28 bits per heavy atom. The third-order valence-corrected chi connectivity index (χ3v) is 5.00. The van der Waals surface area contributed by atoms with E-state index >= 15 is 0 Å². The molecule has 1 unspecified atom stereocenters. The fourth-order valence-corrected chi connectivity index (χ4v) is 3.85. The van der Waals surface area contributed by atoms with Crippen LogP contribution >= 0.6 is 0 Å². The molecule has 0 amide bonds. The second-order valence-electron chi connectivity index (χ2n) is 4.75. The topological polar surface area (TPSA) is 70.5 Å². The highest BCUT2D eigenvalue weighted by atomic mass is 32.2. The van der Waals surface area contributed by atoms with E-state index in [0.717, 1.165) is 5.56 Å². The van der Waals surface area contributed by atoms with Crippen molar-refractivity contribution in [3.63, 3.8) is 0 Å². The number of hydrogen-bond donors (Lipinski definition) is 1. The normalized spacial score (nSPS) is 24.8. The molecule has 0 saturated carbocycles. The predicted molar refractivity (Wildman–Crippen MR) is 70.3 cm³/mol. The molecule has 0 radical (unpaired) electrons. The lowest BCUT2D eigenvalue weighted by Gasteiger charge is -2.35. The van der Waals surface area contributed by atoms with Gasteiger partial charge in [0.25, 0.3) is 0 Å². The Kier molecular flexibility index (Phi) is 3.59. The molecule has 5 nitrogen and oxygen atoms in total. The van der Waals surface area contributed by atoms with Crippen LogP contribution in [0.2, 0.25) is 0 Å². The Hall–Kier alpha value is -1.14. The molecule has 1 N–H and O–H groups in total. The Bertz CT molecular complexity index is 528. The van der Waals surface area contributed by atoms with Crippen molar-refractivity contribution in [1.29, 1.82) is 0 Å². The molecule has 18 heavy (non-hydrogen) atoms.